The number of nitrogens with zero attached hydrogens (tertiary/aromatic N) is 2. The van der Waals surface area contributed by atoms with Gasteiger partial charge in [-0.05, 0) is 18.8 Å². The fourth-order valence-corrected chi connectivity index (χ4v) is 2.13. The summed E-state index contributed by atoms with van der Waals surface area (Å²) in [5.74, 6) is -1.36. The van der Waals surface area contributed by atoms with E-state index in [2.05, 4.69) is 0 Å². The molecule has 7 nitrogen and oxygen atoms in total. The van der Waals surface area contributed by atoms with Crippen molar-refractivity contribution in [1.82, 2.24) is 9.80 Å². The van der Waals surface area contributed by atoms with E-state index < -0.39 is 23.9 Å². The summed E-state index contributed by atoms with van der Waals surface area (Å²) in [4.78, 5) is 36.4. The van der Waals surface area contributed by atoms with Crippen molar-refractivity contribution in [3.05, 3.63) is 0 Å². The Hall–Kier alpha value is -1.79. The molecule has 0 bridgehead atoms. The van der Waals surface area contributed by atoms with Gasteiger partial charge in [0.15, 0.2) is 0 Å². The number of carbonyl (C=O) groups is 3. The molecule has 18 heavy (non-hydrogen) atoms. The quantitative estimate of drug-likeness (QED) is 0.724. The molecule has 0 spiro atoms. The lowest BCUT2D eigenvalue weighted by Crippen LogP contribution is -2.54. The SMILES string of the molecule is CC1CCN(C(=O)N(C)CC(N)=O)C(C(=O)O)C1. The summed E-state index contributed by atoms with van der Waals surface area (Å²) in [6, 6.07) is -1.29. The van der Waals surface area contributed by atoms with E-state index in [0.717, 1.165) is 11.3 Å². The van der Waals surface area contributed by atoms with Crippen LogP contribution in [0, 0.1) is 5.92 Å². The van der Waals surface area contributed by atoms with Crippen LogP contribution in [0.2, 0.25) is 0 Å². The molecule has 1 aliphatic rings. The highest BCUT2D eigenvalue weighted by molar-refractivity contribution is 5.86. The zero-order chi connectivity index (χ0) is 13.9. The molecule has 0 radical (unpaired) electrons. The Morgan fingerprint density at radius 1 is 1.44 bits per heavy atom. The minimum absolute atomic E-state index is 0.211. The highest BCUT2D eigenvalue weighted by atomic mass is 16.4. The van der Waals surface area contributed by atoms with Crippen LogP contribution in [0.15, 0.2) is 0 Å². The van der Waals surface area contributed by atoms with E-state index >= 15 is 0 Å². The molecular formula is C11H19N3O4. The fourth-order valence-electron chi connectivity index (χ4n) is 2.13. The first-order chi connectivity index (χ1) is 8.32. The molecule has 1 aliphatic heterocycles. The molecule has 2 atom stereocenters. The second-order valence-corrected chi connectivity index (χ2v) is 4.78. The van der Waals surface area contributed by atoms with Gasteiger partial charge < -0.3 is 20.6 Å². The first-order valence-corrected chi connectivity index (χ1v) is 5.85. The van der Waals surface area contributed by atoms with Crippen molar-refractivity contribution in [2.24, 2.45) is 11.7 Å². The van der Waals surface area contributed by atoms with Gasteiger partial charge in [-0.15, -0.1) is 0 Å². The zero-order valence-electron chi connectivity index (χ0n) is 10.6. The van der Waals surface area contributed by atoms with Crippen molar-refractivity contribution in [3.63, 3.8) is 0 Å². The number of primary amides is 1. The number of nitrogens with two attached hydrogens (primary N) is 1. The second kappa shape index (κ2) is 5.70. The summed E-state index contributed by atoms with van der Waals surface area (Å²) in [6.07, 6.45) is 1.20. The number of amides is 3. The predicted octanol–water partition coefficient (Wildman–Crippen LogP) is -0.291. The highest BCUT2D eigenvalue weighted by Gasteiger charge is 2.36. The van der Waals surface area contributed by atoms with E-state index in [0.29, 0.717) is 13.0 Å². The van der Waals surface area contributed by atoms with E-state index in [9.17, 15) is 14.4 Å². The largest absolute Gasteiger partial charge is 0.480 e. The van der Waals surface area contributed by atoms with Gasteiger partial charge in [0.25, 0.3) is 0 Å². The van der Waals surface area contributed by atoms with Gasteiger partial charge in [-0.2, -0.15) is 0 Å². The first-order valence-electron chi connectivity index (χ1n) is 5.85. The smallest absolute Gasteiger partial charge is 0.326 e. The topological polar surface area (TPSA) is 104 Å². The van der Waals surface area contributed by atoms with Crippen molar-refractivity contribution in [2.75, 3.05) is 20.1 Å². The third-order valence-corrected chi connectivity index (χ3v) is 3.11. The van der Waals surface area contributed by atoms with Crippen molar-refractivity contribution in [2.45, 2.75) is 25.8 Å². The molecule has 1 fully saturated rings. The number of aliphatic carboxylic acids is 1. The molecule has 0 aromatic carbocycles. The minimum Gasteiger partial charge on any atom is -0.480 e. The maximum atomic E-state index is 12.0. The summed E-state index contributed by atoms with van der Waals surface area (Å²) in [6.45, 7) is 2.14. The van der Waals surface area contributed by atoms with Crippen LogP contribution in [0.3, 0.4) is 0 Å². The van der Waals surface area contributed by atoms with Crippen LogP contribution >= 0.6 is 0 Å². The van der Waals surface area contributed by atoms with Crippen LogP contribution in [-0.2, 0) is 9.59 Å². The zero-order valence-corrected chi connectivity index (χ0v) is 10.6. The highest BCUT2D eigenvalue weighted by Crippen LogP contribution is 2.23. The van der Waals surface area contributed by atoms with Gasteiger partial charge in [0.05, 0.1) is 0 Å². The molecule has 7 heteroatoms. The second-order valence-electron chi connectivity index (χ2n) is 4.78. The molecule has 0 aromatic rings. The maximum Gasteiger partial charge on any atom is 0.326 e. The van der Waals surface area contributed by atoms with Crippen LogP contribution in [0.25, 0.3) is 0 Å². The third kappa shape index (κ3) is 3.35. The van der Waals surface area contributed by atoms with Crippen molar-refractivity contribution in [3.8, 4) is 0 Å². The Labute approximate surface area is 106 Å². The van der Waals surface area contributed by atoms with E-state index in [1.807, 2.05) is 6.92 Å². The molecule has 0 aliphatic carbocycles. The number of carbonyl (C=O) groups excluding carboxylic acids is 2. The monoisotopic (exact) mass is 257 g/mol. The molecular weight excluding hydrogens is 238 g/mol. The Balaban J connectivity index is 2.75. The summed E-state index contributed by atoms with van der Waals surface area (Å²) >= 11 is 0. The number of urea groups is 1. The Morgan fingerprint density at radius 2 is 2.06 bits per heavy atom. The summed E-state index contributed by atoms with van der Waals surface area (Å²) < 4.78 is 0. The number of likely N-dealkylation sites (tertiary alicyclic amines) is 1. The lowest BCUT2D eigenvalue weighted by atomic mass is 9.93. The number of carboxylic acid groups (broad SMARTS) is 1. The van der Waals surface area contributed by atoms with Gasteiger partial charge in [0.1, 0.15) is 12.6 Å². The summed E-state index contributed by atoms with van der Waals surface area (Å²) in [5, 5.41) is 9.13. The van der Waals surface area contributed by atoms with Gasteiger partial charge in [0.2, 0.25) is 5.91 Å². The van der Waals surface area contributed by atoms with Crippen LogP contribution in [0.4, 0.5) is 4.79 Å². The molecule has 2 unspecified atom stereocenters. The normalized spacial score (nSPS) is 23.6. The number of hydrogen-bond donors (Lipinski definition) is 2. The van der Waals surface area contributed by atoms with Gasteiger partial charge in [0, 0.05) is 13.6 Å². The van der Waals surface area contributed by atoms with Gasteiger partial charge >= 0.3 is 12.0 Å². The summed E-state index contributed by atoms with van der Waals surface area (Å²) in [5.41, 5.74) is 5.01. The average Bonchev–Trinajstić information content (AvgIpc) is 2.26. The van der Waals surface area contributed by atoms with E-state index in [4.69, 9.17) is 10.8 Å². The van der Waals surface area contributed by atoms with Gasteiger partial charge in [-0.1, -0.05) is 6.92 Å². The first kappa shape index (κ1) is 14.3. The Kier molecular flexibility index (Phi) is 4.52. The Morgan fingerprint density at radius 3 is 2.56 bits per heavy atom. The van der Waals surface area contributed by atoms with Crippen LogP contribution in [0.5, 0.6) is 0 Å². The lowest BCUT2D eigenvalue weighted by Gasteiger charge is -2.37. The fraction of sp³-hybridized carbons (Fsp3) is 0.727. The predicted molar refractivity (Wildman–Crippen MR) is 63.7 cm³/mol. The Bertz CT molecular complexity index is 358. The van der Waals surface area contributed by atoms with Gasteiger partial charge in [-0.3, -0.25) is 4.79 Å². The molecule has 1 saturated heterocycles. The van der Waals surface area contributed by atoms with Gasteiger partial charge in [-0.25, -0.2) is 9.59 Å². The number of hydrogen-bond acceptors (Lipinski definition) is 3. The summed E-state index contributed by atoms with van der Waals surface area (Å²) in [7, 11) is 1.43. The lowest BCUT2D eigenvalue weighted by molar-refractivity contribution is -0.144. The van der Waals surface area contributed by atoms with E-state index in [1.54, 1.807) is 0 Å². The number of piperidine rings is 1. The number of carboxylic acids is 1. The molecule has 1 heterocycles. The number of rotatable bonds is 3. The van der Waals surface area contributed by atoms with E-state index in [1.165, 1.54) is 11.9 Å². The average molecular weight is 257 g/mol. The van der Waals surface area contributed by atoms with E-state index in [-0.39, 0.29) is 12.5 Å². The molecule has 102 valence electrons. The number of likely N-dealkylation sites (N-methyl/N-ethyl adjacent to an activating group) is 1. The third-order valence-electron chi connectivity index (χ3n) is 3.11. The molecule has 0 saturated carbocycles. The molecule has 3 amide bonds. The maximum absolute atomic E-state index is 12.0. The standard InChI is InChI=1S/C11H19N3O4/c1-7-3-4-14(8(5-7)10(16)17)11(18)13(2)6-9(12)15/h7-8H,3-6H2,1-2H3,(H2,12,15)(H,16,17). The van der Waals surface area contributed by atoms with Crippen molar-refractivity contribution >= 4 is 17.9 Å². The van der Waals surface area contributed by atoms with Crippen LogP contribution in [0.1, 0.15) is 19.8 Å². The minimum atomic E-state index is -1.01. The van der Waals surface area contributed by atoms with Crippen LogP contribution < -0.4 is 5.73 Å². The molecule has 3 N–H and O–H groups in total. The van der Waals surface area contributed by atoms with Crippen molar-refractivity contribution in [1.29, 1.82) is 0 Å². The van der Waals surface area contributed by atoms with Crippen molar-refractivity contribution < 1.29 is 19.5 Å². The molecule has 1 rings (SSSR count). The van der Waals surface area contributed by atoms with Crippen LogP contribution in [-0.4, -0.2) is 59.0 Å². The molecule has 0 aromatic heterocycles.